The number of hydrogen-bond acceptors (Lipinski definition) is 5. The van der Waals surface area contributed by atoms with E-state index in [1.165, 1.54) is 0 Å². The number of carboxylic acid groups (broad SMARTS) is 1. The Hall–Kier alpha value is -1.58. The molecule has 6 nitrogen and oxygen atoms in total. The van der Waals surface area contributed by atoms with Gasteiger partial charge in [-0.3, -0.25) is 4.90 Å². The van der Waals surface area contributed by atoms with Gasteiger partial charge in [-0.1, -0.05) is 0 Å². The van der Waals surface area contributed by atoms with E-state index >= 15 is 0 Å². The highest BCUT2D eigenvalue weighted by Crippen LogP contribution is 2.37. The third-order valence-electron chi connectivity index (χ3n) is 4.55. The molecule has 0 aliphatic carbocycles. The fourth-order valence-corrected chi connectivity index (χ4v) is 3.24. The molecule has 26 heavy (non-hydrogen) atoms. The molecule has 148 valence electrons. The first-order valence-electron chi connectivity index (χ1n) is 8.54. The molecule has 3 rings (SSSR count). The standard InChI is InChI=1S/C15H23NO3.C2HF3O2/c1-2-17-14-10-15(19-12-14)5-7-16(8-6-15)11-13-4-3-9-18-13;3-2(4,5)1(6)7/h3-4,9,14H,2,5-8,10-12H2,1H3;(H,6,7). The number of carbonyl (C=O) groups is 1. The van der Waals surface area contributed by atoms with E-state index in [9.17, 15) is 13.2 Å². The van der Waals surface area contributed by atoms with E-state index in [0.717, 1.165) is 57.9 Å². The topological polar surface area (TPSA) is 72.1 Å². The van der Waals surface area contributed by atoms with Crippen LogP contribution in [0.4, 0.5) is 13.2 Å². The maximum Gasteiger partial charge on any atom is 0.490 e. The van der Waals surface area contributed by atoms with Gasteiger partial charge < -0.3 is 19.0 Å². The van der Waals surface area contributed by atoms with Crippen molar-refractivity contribution in [2.75, 3.05) is 26.3 Å². The van der Waals surface area contributed by atoms with Crippen LogP contribution in [-0.2, 0) is 20.8 Å². The zero-order valence-electron chi connectivity index (χ0n) is 14.6. The van der Waals surface area contributed by atoms with Crippen LogP contribution in [0.2, 0.25) is 0 Å². The molecule has 0 saturated carbocycles. The van der Waals surface area contributed by atoms with Gasteiger partial charge in [-0.2, -0.15) is 13.2 Å². The highest BCUT2D eigenvalue weighted by Gasteiger charge is 2.43. The second-order valence-corrected chi connectivity index (χ2v) is 6.43. The molecule has 2 saturated heterocycles. The number of piperidine rings is 1. The van der Waals surface area contributed by atoms with E-state index in [1.807, 2.05) is 12.1 Å². The predicted octanol–water partition coefficient (Wildman–Crippen LogP) is 3.07. The fourth-order valence-electron chi connectivity index (χ4n) is 3.24. The summed E-state index contributed by atoms with van der Waals surface area (Å²) in [5, 5.41) is 7.12. The van der Waals surface area contributed by atoms with Crippen LogP contribution in [0.3, 0.4) is 0 Å². The Morgan fingerprint density at radius 1 is 1.42 bits per heavy atom. The third-order valence-corrected chi connectivity index (χ3v) is 4.55. The number of ether oxygens (including phenoxy) is 2. The van der Waals surface area contributed by atoms with Gasteiger partial charge in [0.15, 0.2) is 0 Å². The van der Waals surface area contributed by atoms with E-state index in [2.05, 4.69) is 11.8 Å². The van der Waals surface area contributed by atoms with E-state index in [-0.39, 0.29) is 5.60 Å². The summed E-state index contributed by atoms with van der Waals surface area (Å²) in [4.78, 5) is 11.3. The highest BCUT2D eigenvalue weighted by molar-refractivity contribution is 5.73. The molecule has 9 heteroatoms. The van der Waals surface area contributed by atoms with Gasteiger partial charge in [-0.05, 0) is 31.9 Å². The second kappa shape index (κ2) is 8.88. The average Bonchev–Trinajstić information content (AvgIpc) is 3.21. The molecular weight excluding hydrogens is 355 g/mol. The van der Waals surface area contributed by atoms with Gasteiger partial charge in [0, 0.05) is 26.1 Å². The third kappa shape index (κ3) is 6.00. The van der Waals surface area contributed by atoms with Gasteiger partial charge in [-0.25, -0.2) is 4.79 Å². The first-order valence-corrected chi connectivity index (χ1v) is 8.54. The molecule has 1 atom stereocenters. The Balaban J connectivity index is 0.000000298. The molecule has 1 aromatic rings. The molecule has 1 unspecified atom stereocenters. The number of halogens is 3. The summed E-state index contributed by atoms with van der Waals surface area (Å²) in [5.74, 6) is -1.71. The Labute approximate surface area is 149 Å². The Morgan fingerprint density at radius 2 is 2.08 bits per heavy atom. The molecule has 0 bridgehead atoms. The van der Waals surface area contributed by atoms with Crippen molar-refractivity contribution in [3.63, 3.8) is 0 Å². The number of hydrogen-bond donors (Lipinski definition) is 1. The van der Waals surface area contributed by atoms with Crippen LogP contribution in [-0.4, -0.2) is 60.2 Å². The van der Waals surface area contributed by atoms with Crippen LogP contribution in [0.1, 0.15) is 31.9 Å². The number of rotatable bonds is 4. The lowest BCUT2D eigenvalue weighted by atomic mass is 9.88. The van der Waals surface area contributed by atoms with Crippen molar-refractivity contribution >= 4 is 5.97 Å². The molecule has 0 aromatic carbocycles. The molecule has 2 aliphatic heterocycles. The normalized spacial score (nSPS) is 22.8. The first-order chi connectivity index (χ1) is 12.2. The lowest BCUT2D eigenvalue weighted by Gasteiger charge is -2.38. The predicted molar refractivity (Wildman–Crippen MR) is 85.6 cm³/mol. The van der Waals surface area contributed by atoms with Gasteiger partial charge >= 0.3 is 12.1 Å². The zero-order valence-corrected chi connectivity index (χ0v) is 14.6. The summed E-state index contributed by atoms with van der Waals surface area (Å²) in [6.45, 7) is 6.69. The molecule has 2 fully saturated rings. The van der Waals surface area contributed by atoms with Crippen LogP contribution in [0.15, 0.2) is 22.8 Å². The lowest BCUT2D eigenvalue weighted by Crippen LogP contribution is -2.43. The van der Waals surface area contributed by atoms with Gasteiger partial charge in [-0.15, -0.1) is 0 Å². The van der Waals surface area contributed by atoms with Crippen molar-refractivity contribution in [2.45, 2.75) is 50.6 Å². The van der Waals surface area contributed by atoms with Crippen LogP contribution >= 0.6 is 0 Å². The number of likely N-dealkylation sites (tertiary alicyclic amines) is 1. The van der Waals surface area contributed by atoms with Crippen LogP contribution in [0, 0.1) is 0 Å². The summed E-state index contributed by atoms with van der Waals surface area (Å²) >= 11 is 0. The van der Waals surface area contributed by atoms with Crippen molar-refractivity contribution in [1.82, 2.24) is 4.90 Å². The largest absolute Gasteiger partial charge is 0.490 e. The second-order valence-electron chi connectivity index (χ2n) is 6.43. The summed E-state index contributed by atoms with van der Waals surface area (Å²) in [7, 11) is 0. The number of aliphatic carboxylic acids is 1. The Morgan fingerprint density at radius 3 is 2.58 bits per heavy atom. The van der Waals surface area contributed by atoms with Crippen molar-refractivity contribution < 1.29 is 37.0 Å². The van der Waals surface area contributed by atoms with E-state index in [1.54, 1.807) is 6.26 Å². The van der Waals surface area contributed by atoms with Crippen LogP contribution in [0.25, 0.3) is 0 Å². The minimum absolute atomic E-state index is 0.0828. The number of furan rings is 1. The SMILES string of the molecule is CCOC1COC2(CCN(Cc3ccco3)CC2)C1.O=C(O)C(F)(F)F. The van der Waals surface area contributed by atoms with E-state index < -0.39 is 12.1 Å². The minimum Gasteiger partial charge on any atom is -0.475 e. The molecule has 1 N–H and O–H groups in total. The van der Waals surface area contributed by atoms with Gasteiger partial charge in [0.2, 0.25) is 0 Å². The van der Waals surface area contributed by atoms with E-state index in [0.29, 0.717) is 6.10 Å². The summed E-state index contributed by atoms with van der Waals surface area (Å²) in [5.41, 5.74) is 0.0828. The highest BCUT2D eigenvalue weighted by atomic mass is 19.4. The molecule has 1 spiro atoms. The van der Waals surface area contributed by atoms with Crippen molar-refractivity contribution in [3.8, 4) is 0 Å². The first kappa shape index (κ1) is 20.7. The molecular formula is C17H24F3NO5. The van der Waals surface area contributed by atoms with Gasteiger partial charge in [0.1, 0.15) is 5.76 Å². The van der Waals surface area contributed by atoms with Gasteiger partial charge in [0.25, 0.3) is 0 Å². The minimum atomic E-state index is -5.08. The van der Waals surface area contributed by atoms with Gasteiger partial charge in [0.05, 0.1) is 31.1 Å². The smallest absolute Gasteiger partial charge is 0.475 e. The summed E-state index contributed by atoms with van der Waals surface area (Å²) in [6, 6.07) is 4.00. The average molecular weight is 379 g/mol. The quantitative estimate of drug-likeness (QED) is 0.867. The van der Waals surface area contributed by atoms with Crippen LogP contribution in [0.5, 0.6) is 0 Å². The maximum atomic E-state index is 10.6. The number of nitrogens with zero attached hydrogens (tertiary/aromatic N) is 1. The maximum absolute atomic E-state index is 10.6. The van der Waals surface area contributed by atoms with Crippen molar-refractivity contribution in [1.29, 1.82) is 0 Å². The lowest BCUT2D eigenvalue weighted by molar-refractivity contribution is -0.192. The Kier molecular flexibility index (Phi) is 7.08. The Bertz CT molecular complexity index is 553. The summed E-state index contributed by atoms with van der Waals surface area (Å²) < 4.78 is 48.9. The molecule has 1 aromatic heterocycles. The molecule has 3 heterocycles. The van der Waals surface area contributed by atoms with Crippen molar-refractivity contribution in [3.05, 3.63) is 24.2 Å². The van der Waals surface area contributed by atoms with E-state index in [4.69, 9.17) is 23.8 Å². The molecule has 0 amide bonds. The molecule has 0 radical (unpaired) electrons. The van der Waals surface area contributed by atoms with Crippen LogP contribution < -0.4 is 0 Å². The monoisotopic (exact) mass is 379 g/mol. The number of carboxylic acids is 1. The number of alkyl halides is 3. The van der Waals surface area contributed by atoms with Crippen molar-refractivity contribution in [2.24, 2.45) is 0 Å². The zero-order chi connectivity index (χ0) is 19.2. The summed E-state index contributed by atoms with van der Waals surface area (Å²) in [6.07, 6.45) is 0.249. The fraction of sp³-hybridized carbons (Fsp3) is 0.706. The molecule has 2 aliphatic rings.